The molecular formula is C13H17N3O2. The molecule has 2 heterocycles. The molecule has 1 unspecified atom stereocenters. The zero-order valence-corrected chi connectivity index (χ0v) is 10.6. The molecule has 0 saturated carbocycles. The van der Waals surface area contributed by atoms with Crippen LogP contribution in [0.3, 0.4) is 0 Å². The van der Waals surface area contributed by atoms with Crippen molar-refractivity contribution < 1.29 is 9.84 Å². The molecule has 0 spiro atoms. The molecule has 1 N–H and O–H groups in total. The lowest BCUT2D eigenvalue weighted by atomic mass is 10.1. The Morgan fingerprint density at radius 2 is 2.22 bits per heavy atom. The van der Waals surface area contributed by atoms with Crippen LogP contribution in [-0.2, 0) is 13.0 Å². The number of pyridine rings is 1. The zero-order valence-electron chi connectivity index (χ0n) is 10.6. The Balaban J connectivity index is 2.08. The molecule has 18 heavy (non-hydrogen) atoms. The van der Waals surface area contributed by atoms with Crippen LogP contribution in [0.25, 0.3) is 0 Å². The summed E-state index contributed by atoms with van der Waals surface area (Å²) in [5.74, 6) is 0.576. The number of nitrogens with zero attached hydrogens (tertiary/aromatic N) is 3. The number of aromatic nitrogens is 3. The highest BCUT2D eigenvalue weighted by Crippen LogP contribution is 2.18. The van der Waals surface area contributed by atoms with E-state index in [-0.39, 0.29) is 0 Å². The predicted octanol–water partition coefficient (Wildman–Crippen LogP) is 1.58. The molecule has 0 radical (unpaired) electrons. The first kappa shape index (κ1) is 12.6. The molecule has 2 rings (SSSR count). The molecule has 0 fully saturated rings. The fourth-order valence-corrected chi connectivity index (χ4v) is 1.87. The molecule has 0 bridgehead atoms. The molecule has 0 saturated heterocycles. The van der Waals surface area contributed by atoms with Crippen LogP contribution in [-0.4, -0.2) is 27.0 Å². The smallest absolute Gasteiger partial charge is 0.212 e. The van der Waals surface area contributed by atoms with Crippen LogP contribution in [0.1, 0.15) is 24.3 Å². The highest BCUT2D eigenvalue weighted by atomic mass is 16.5. The van der Waals surface area contributed by atoms with Crippen molar-refractivity contribution in [3.05, 3.63) is 41.9 Å². The summed E-state index contributed by atoms with van der Waals surface area (Å²) in [6.07, 6.45) is 3.37. The summed E-state index contributed by atoms with van der Waals surface area (Å²) in [5, 5.41) is 14.3. The minimum atomic E-state index is -0.567. The molecule has 96 valence electrons. The Morgan fingerprint density at radius 3 is 2.83 bits per heavy atom. The lowest BCUT2D eigenvalue weighted by molar-refractivity contribution is 0.167. The summed E-state index contributed by atoms with van der Waals surface area (Å²) in [7, 11) is 1.58. The van der Waals surface area contributed by atoms with Crippen LogP contribution in [0.15, 0.2) is 30.6 Å². The Kier molecular flexibility index (Phi) is 3.94. The van der Waals surface area contributed by atoms with E-state index in [4.69, 9.17) is 4.74 Å². The third-order valence-corrected chi connectivity index (χ3v) is 2.83. The molecule has 1 atom stereocenters. The van der Waals surface area contributed by atoms with E-state index in [9.17, 15) is 5.11 Å². The van der Waals surface area contributed by atoms with Crippen molar-refractivity contribution in [3.8, 4) is 5.88 Å². The first-order chi connectivity index (χ1) is 8.74. The molecular weight excluding hydrogens is 230 g/mol. The van der Waals surface area contributed by atoms with Crippen LogP contribution in [0.2, 0.25) is 0 Å². The average Bonchev–Trinajstić information content (AvgIpc) is 2.88. The summed E-state index contributed by atoms with van der Waals surface area (Å²) in [4.78, 5) is 4.12. The highest BCUT2D eigenvalue weighted by molar-refractivity contribution is 5.20. The van der Waals surface area contributed by atoms with Gasteiger partial charge >= 0.3 is 0 Å². The van der Waals surface area contributed by atoms with Gasteiger partial charge in [0, 0.05) is 31.4 Å². The highest BCUT2D eigenvalue weighted by Gasteiger charge is 2.13. The van der Waals surface area contributed by atoms with Gasteiger partial charge in [0.1, 0.15) is 0 Å². The van der Waals surface area contributed by atoms with E-state index in [1.807, 2.05) is 19.1 Å². The lowest BCUT2D eigenvalue weighted by Crippen LogP contribution is -2.10. The molecule has 0 aliphatic heterocycles. The SMILES string of the molecule is CCn1nccc1C(O)Cc1ccc(OC)nc1. The second-order valence-electron chi connectivity index (χ2n) is 4.00. The van der Waals surface area contributed by atoms with Crippen molar-refractivity contribution in [1.82, 2.24) is 14.8 Å². The summed E-state index contributed by atoms with van der Waals surface area (Å²) in [5.41, 5.74) is 1.79. The van der Waals surface area contributed by atoms with Gasteiger partial charge in [-0.15, -0.1) is 0 Å². The van der Waals surface area contributed by atoms with Crippen LogP contribution in [0.4, 0.5) is 0 Å². The van der Waals surface area contributed by atoms with Crippen LogP contribution >= 0.6 is 0 Å². The number of hydrogen-bond donors (Lipinski definition) is 1. The van der Waals surface area contributed by atoms with Crippen LogP contribution in [0, 0.1) is 0 Å². The van der Waals surface area contributed by atoms with Gasteiger partial charge in [0.25, 0.3) is 0 Å². The largest absolute Gasteiger partial charge is 0.481 e. The summed E-state index contributed by atoms with van der Waals surface area (Å²) >= 11 is 0. The predicted molar refractivity (Wildman–Crippen MR) is 67.4 cm³/mol. The first-order valence-electron chi connectivity index (χ1n) is 5.93. The van der Waals surface area contributed by atoms with Crippen molar-refractivity contribution in [3.63, 3.8) is 0 Å². The molecule has 0 aliphatic rings. The fourth-order valence-electron chi connectivity index (χ4n) is 1.87. The topological polar surface area (TPSA) is 60.2 Å². The monoisotopic (exact) mass is 247 g/mol. The Bertz CT molecular complexity index is 493. The lowest BCUT2D eigenvalue weighted by Gasteiger charge is -2.12. The van der Waals surface area contributed by atoms with Gasteiger partial charge in [-0.05, 0) is 18.6 Å². The maximum absolute atomic E-state index is 10.2. The van der Waals surface area contributed by atoms with E-state index in [1.54, 1.807) is 30.3 Å². The molecule has 5 heteroatoms. The second-order valence-corrected chi connectivity index (χ2v) is 4.00. The summed E-state index contributed by atoms with van der Waals surface area (Å²) in [6, 6.07) is 5.53. The van der Waals surface area contributed by atoms with Gasteiger partial charge in [0.2, 0.25) is 5.88 Å². The number of aryl methyl sites for hydroxylation is 1. The van der Waals surface area contributed by atoms with Gasteiger partial charge in [0.05, 0.1) is 18.9 Å². The van der Waals surface area contributed by atoms with E-state index in [2.05, 4.69) is 10.1 Å². The molecule has 0 aromatic carbocycles. The molecule has 2 aromatic heterocycles. The quantitative estimate of drug-likeness (QED) is 0.871. The number of methoxy groups -OCH3 is 1. The van der Waals surface area contributed by atoms with Gasteiger partial charge in [-0.1, -0.05) is 6.07 Å². The minimum Gasteiger partial charge on any atom is -0.481 e. The Morgan fingerprint density at radius 1 is 1.39 bits per heavy atom. The zero-order chi connectivity index (χ0) is 13.0. The van der Waals surface area contributed by atoms with Crippen LogP contribution < -0.4 is 4.74 Å². The van der Waals surface area contributed by atoms with Crippen molar-refractivity contribution in [1.29, 1.82) is 0 Å². The maximum Gasteiger partial charge on any atom is 0.212 e. The number of rotatable bonds is 5. The fraction of sp³-hybridized carbons (Fsp3) is 0.385. The minimum absolute atomic E-state index is 0.517. The van der Waals surface area contributed by atoms with Crippen LogP contribution in [0.5, 0.6) is 5.88 Å². The van der Waals surface area contributed by atoms with Crippen molar-refractivity contribution in [2.75, 3.05) is 7.11 Å². The first-order valence-corrected chi connectivity index (χ1v) is 5.93. The summed E-state index contributed by atoms with van der Waals surface area (Å²) < 4.78 is 6.79. The number of aliphatic hydroxyl groups excluding tert-OH is 1. The number of aliphatic hydroxyl groups is 1. The molecule has 5 nitrogen and oxygen atoms in total. The molecule has 0 amide bonds. The van der Waals surface area contributed by atoms with Crippen molar-refractivity contribution >= 4 is 0 Å². The van der Waals surface area contributed by atoms with E-state index < -0.39 is 6.10 Å². The van der Waals surface area contributed by atoms with Crippen molar-refractivity contribution in [2.45, 2.75) is 26.0 Å². The molecule has 0 aliphatic carbocycles. The van der Waals surface area contributed by atoms with E-state index in [0.717, 1.165) is 17.8 Å². The third kappa shape index (κ3) is 2.68. The number of hydrogen-bond acceptors (Lipinski definition) is 4. The molecule has 2 aromatic rings. The van der Waals surface area contributed by atoms with Gasteiger partial charge in [0.15, 0.2) is 0 Å². The van der Waals surface area contributed by atoms with Gasteiger partial charge < -0.3 is 9.84 Å². The number of ether oxygens (including phenoxy) is 1. The van der Waals surface area contributed by atoms with E-state index >= 15 is 0 Å². The summed E-state index contributed by atoms with van der Waals surface area (Å²) in [6.45, 7) is 2.75. The van der Waals surface area contributed by atoms with Gasteiger partial charge in [-0.25, -0.2) is 4.98 Å². The Hall–Kier alpha value is -1.88. The Labute approximate surface area is 106 Å². The van der Waals surface area contributed by atoms with Gasteiger partial charge in [-0.2, -0.15) is 5.10 Å². The average molecular weight is 247 g/mol. The normalized spacial score (nSPS) is 12.4. The van der Waals surface area contributed by atoms with Gasteiger partial charge in [-0.3, -0.25) is 4.68 Å². The van der Waals surface area contributed by atoms with Crippen molar-refractivity contribution in [2.24, 2.45) is 0 Å². The second kappa shape index (κ2) is 5.64. The third-order valence-electron chi connectivity index (χ3n) is 2.83. The maximum atomic E-state index is 10.2. The standard InChI is InChI=1S/C13H17N3O2/c1-3-16-11(6-7-15-16)12(17)8-10-4-5-13(18-2)14-9-10/h4-7,9,12,17H,3,8H2,1-2H3. The van der Waals surface area contributed by atoms with E-state index in [0.29, 0.717) is 12.3 Å². The van der Waals surface area contributed by atoms with E-state index in [1.165, 1.54) is 0 Å².